The van der Waals surface area contributed by atoms with Crippen LogP contribution >= 0.6 is 34.5 Å². The van der Waals surface area contributed by atoms with Crippen LogP contribution in [0.25, 0.3) is 0 Å². The van der Waals surface area contributed by atoms with Gasteiger partial charge < -0.3 is 4.90 Å². The Labute approximate surface area is 216 Å². The molecule has 0 N–H and O–H groups in total. The van der Waals surface area contributed by atoms with Crippen molar-refractivity contribution in [1.29, 1.82) is 0 Å². The Bertz CT molecular complexity index is 1230. The molecular formula is C25H28Cl2N2O3S2. The SMILES string of the molecule is CC[C@@H](C)N(CC(=O)N(Cc1ccccc1)Cc1sccc1C)S(=O)(=O)c1cc(Cl)ccc1Cl. The minimum absolute atomic E-state index is 0.0699. The molecule has 0 aliphatic carbocycles. The van der Waals surface area contributed by atoms with Gasteiger partial charge in [-0.1, -0.05) is 60.5 Å². The van der Waals surface area contributed by atoms with Crippen LogP contribution in [0.3, 0.4) is 0 Å². The van der Waals surface area contributed by atoms with E-state index in [0.29, 0.717) is 19.5 Å². The molecule has 0 saturated heterocycles. The third kappa shape index (κ3) is 6.40. The minimum Gasteiger partial charge on any atom is -0.332 e. The van der Waals surface area contributed by atoms with E-state index in [2.05, 4.69) is 0 Å². The van der Waals surface area contributed by atoms with Gasteiger partial charge in [-0.15, -0.1) is 11.3 Å². The Hall–Kier alpha value is -1.90. The van der Waals surface area contributed by atoms with Crippen molar-refractivity contribution in [3.05, 3.63) is 86.0 Å². The number of carbonyl (C=O) groups excluding carboxylic acids is 1. The van der Waals surface area contributed by atoms with Crippen molar-refractivity contribution in [2.24, 2.45) is 0 Å². The van der Waals surface area contributed by atoms with E-state index < -0.39 is 16.1 Å². The summed E-state index contributed by atoms with van der Waals surface area (Å²) < 4.78 is 28.4. The molecule has 0 aliphatic heterocycles. The number of benzene rings is 2. The molecule has 5 nitrogen and oxygen atoms in total. The second-order valence-electron chi connectivity index (χ2n) is 8.14. The molecule has 3 rings (SSSR count). The Balaban J connectivity index is 1.94. The number of rotatable bonds is 10. The lowest BCUT2D eigenvalue weighted by Crippen LogP contribution is -2.46. The van der Waals surface area contributed by atoms with Crippen LogP contribution in [0.5, 0.6) is 0 Å². The van der Waals surface area contributed by atoms with Crippen molar-refractivity contribution < 1.29 is 13.2 Å². The zero-order valence-corrected chi connectivity index (χ0v) is 22.5. The van der Waals surface area contributed by atoms with E-state index in [9.17, 15) is 13.2 Å². The molecule has 0 fully saturated rings. The monoisotopic (exact) mass is 538 g/mol. The van der Waals surface area contributed by atoms with Crippen molar-refractivity contribution >= 4 is 50.5 Å². The topological polar surface area (TPSA) is 57.7 Å². The Kier molecular flexibility index (Phi) is 9.18. The summed E-state index contributed by atoms with van der Waals surface area (Å²) in [6, 6.07) is 15.6. The number of aryl methyl sites for hydroxylation is 1. The lowest BCUT2D eigenvalue weighted by Gasteiger charge is -2.31. The van der Waals surface area contributed by atoms with E-state index in [0.717, 1.165) is 16.0 Å². The van der Waals surface area contributed by atoms with Gasteiger partial charge in [-0.2, -0.15) is 4.31 Å². The first-order valence-electron chi connectivity index (χ1n) is 10.9. The van der Waals surface area contributed by atoms with E-state index in [-0.39, 0.29) is 27.4 Å². The average molecular weight is 540 g/mol. The molecular weight excluding hydrogens is 511 g/mol. The second-order valence-corrected chi connectivity index (χ2v) is 11.8. The summed E-state index contributed by atoms with van der Waals surface area (Å²) >= 11 is 13.9. The number of halogens is 2. The van der Waals surface area contributed by atoms with E-state index in [1.165, 1.54) is 22.5 Å². The molecule has 1 heterocycles. The predicted octanol–water partition coefficient (Wildman–Crippen LogP) is 6.38. The summed E-state index contributed by atoms with van der Waals surface area (Å²) in [6.07, 6.45) is 0.535. The summed E-state index contributed by atoms with van der Waals surface area (Å²) in [5, 5.41) is 2.32. The van der Waals surface area contributed by atoms with Gasteiger partial charge >= 0.3 is 0 Å². The highest BCUT2D eigenvalue weighted by molar-refractivity contribution is 7.89. The van der Waals surface area contributed by atoms with E-state index >= 15 is 0 Å². The molecule has 1 aromatic heterocycles. The van der Waals surface area contributed by atoms with E-state index in [1.54, 1.807) is 23.2 Å². The van der Waals surface area contributed by atoms with Crippen LogP contribution in [0.15, 0.2) is 64.9 Å². The maximum atomic E-state index is 13.6. The van der Waals surface area contributed by atoms with E-state index in [4.69, 9.17) is 23.2 Å². The summed E-state index contributed by atoms with van der Waals surface area (Å²) in [5.41, 5.74) is 2.08. The molecule has 3 aromatic rings. The van der Waals surface area contributed by atoms with Crippen molar-refractivity contribution in [2.45, 2.75) is 51.2 Å². The first-order chi connectivity index (χ1) is 16.1. The number of thiophene rings is 1. The Morgan fingerprint density at radius 2 is 1.76 bits per heavy atom. The fourth-order valence-electron chi connectivity index (χ4n) is 3.49. The summed E-state index contributed by atoms with van der Waals surface area (Å²) in [6.45, 7) is 6.17. The normalized spacial score (nSPS) is 12.6. The largest absolute Gasteiger partial charge is 0.332 e. The number of carbonyl (C=O) groups is 1. The predicted molar refractivity (Wildman–Crippen MR) is 140 cm³/mol. The second kappa shape index (κ2) is 11.7. The van der Waals surface area contributed by atoms with Crippen LogP contribution in [0.4, 0.5) is 0 Å². The molecule has 1 atom stereocenters. The summed E-state index contributed by atoms with van der Waals surface area (Å²) in [5.74, 6) is -0.279. The fraction of sp³-hybridized carbons (Fsp3) is 0.320. The minimum atomic E-state index is -4.07. The Morgan fingerprint density at radius 3 is 2.38 bits per heavy atom. The molecule has 1 amide bonds. The van der Waals surface area contributed by atoms with Gasteiger partial charge in [0.25, 0.3) is 0 Å². The quantitative estimate of drug-likeness (QED) is 0.300. The van der Waals surface area contributed by atoms with Crippen LogP contribution < -0.4 is 0 Å². The summed E-state index contributed by atoms with van der Waals surface area (Å²) in [7, 11) is -4.07. The third-order valence-corrected chi connectivity index (χ3v) is 9.41. The van der Waals surface area contributed by atoms with Gasteiger partial charge in [0, 0.05) is 22.5 Å². The van der Waals surface area contributed by atoms with Crippen LogP contribution in [-0.2, 0) is 27.9 Å². The maximum absolute atomic E-state index is 13.6. The van der Waals surface area contributed by atoms with Crippen molar-refractivity contribution in [3.63, 3.8) is 0 Å². The molecule has 182 valence electrons. The lowest BCUT2D eigenvalue weighted by atomic mass is 10.2. The molecule has 2 aromatic carbocycles. The van der Waals surface area contributed by atoms with Gasteiger partial charge in [0.05, 0.1) is 18.1 Å². The van der Waals surface area contributed by atoms with Gasteiger partial charge in [0.2, 0.25) is 15.9 Å². The molecule has 0 spiro atoms. The van der Waals surface area contributed by atoms with Gasteiger partial charge in [0.15, 0.2) is 0 Å². The van der Waals surface area contributed by atoms with Gasteiger partial charge in [-0.25, -0.2) is 8.42 Å². The van der Waals surface area contributed by atoms with Gasteiger partial charge in [-0.05, 0) is 61.0 Å². The molecule has 0 aliphatic rings. The van der Waals surface area contributed by atoms with Crippen molar-refractivity contribution in [1.82, 2.24) is 9.21 Å². The smallest absolute Gasteiger partial charge is 0.245 e. The number of sulfonamides is 1. The van der Waals surface area contributed by atoms with Crippen molar-refractivity contribution in [3.8, 4) is 0 Å². The average Bonchev–Trinajstić information content (AvgIpc) is 3.22. The van der Waals surface area contributed by atoms with Gasteiger partial charge in [0.1, 0.15) is 4.90 Å². The van der Waals surface area contributed by atoms with Crippen LogP contribution in [0, 0.1) is 6.92 Å². The molecule has 9 heteroatoms. The van der Waals surface area contributed by atoms with Crippen molar-refractivity contribution in [2.75, 3.05) is 6.54 Å². The fourth-order valence-corrected chi connectivity index (χ4v) is 6.81. The number of nitrogens with zero attached hydrogens (tertiary/aromatic N) is 2. The number of hydrogen-bond acceptors (Lipinski definition) is 4. The lowest BCUT2D eigenvalue weighted by molar-refractivity contribution is -0.133. The summed E-state index contributed by atoms with van der Waals surface area (Å²) in [4.78, 5) is 16.3. The zero-order chi connectivity index (χ0) is 24.9. The zero-order valence-electron chi connectivity index (χ0n) is 19.4. The molecule has 0 bridgehead atoms. The highest BCUT2D eigenvalue weighted by Crippen LogP contribution is 2.29. The maximum Gasteiger partial charge on any atom is 0.245 e. The van der Waals surface area contributed by atoms with E-state index in [1.807, 2.05) is 55.6 Å². The molecule has 0 radical (unpaired) electrons. The molecule has 0 unspecified atom stereocenters. The van der Waals surface area contributed by atoms with Crippen LogP contribution in [-0.4, -0.2) is 36.1 Å². The standard InChI is InChI=1S/C25H28Cl2N2O3S2/c1-4-19(3)29(34(31,32)24-14-21(26)10-11-22(24)27)17-25(30)28(15-20-8-6-5-7-9-20)16-23-18(2)12-13-33-23/h5-14,19H,4,15-17H2,1-3H3/t19-/m1/s1. The highest BCUT2D eigenvalue weighted by atomic mass is 35.5. The third-order valence-electron chi connectivity index (χ3n) is 5.73. The molecule has 34 heavy (non-hydrogen) atoms. The first kappa shape index (κ1) is 26.7. The first-order valence-corrected chi connectivity index (χ1v) is 14.0. The molecule has 0 saturated carbocycles. The van der Waals surface area contributed by atoms with Crippen LogP contribution in [0.1, 0.15) is 36.3 Å². The Morgan fingerprint density at radius 1 is 1.06 bits per heavy atom. The number of hydrogen-bond donors (Lipinski definition) is 0. The number of amides is 1. The van der Waals surface area contributed by atoms with Gasteiger partial charge in [-0.3, -0.25) is 4.79 Å². The van der Waals surface area contributed by atoms with Crippen LogP contribution in [0.2, 0.25) is 10.0 Å². The highest BCUT2D eigenvalue weighted by Gasteiger charge is 2.33.